The smallest absolute Gasteiger partial charge is 0.222 e. The lowest BCUT2D eigenvalue weighted by Crippen LogP contribution is -2.47. The van der Waals surface area contributed by atoms with Crippen LogP contribution in [0.25, 0.3) is 0 Å². The molecule has 2 heterocycles. The maximum Gasteiger partial charge on any atom is 0.222 e. The van der Waals surface area contributed by atoms with E-state index in [1.54, 1.807) is 11.8 Å². The molecule has 2 amide bonds. The van der Waals surface area contributed by atoms with E-state index in [1.165, 1.54) is 6.92 Å². The van der Waals surface area contributed by atoms with Crippen molar-refractivity contribution in [2.45, 2.75) is 65.5 Å². The number of nitrogens with two attached hydrogens (primary N) is 1. The topological polar surface area (TPSA) is 113 Å². The van der Waals surface area contributed by atoms with Gasteiger partial charge in [-0.2, -0.15) is 4.98 Å². The zero-order valence-electron chi connectivity index (χ0n) is 16.2. The third-order valence-corrected chi connectivity index (χ3v) is 4.76. The van der Waals surface area contributed by atoms with Crippen molar-refractivity contribution >= 4 is 23.6 Å². The fourth-order valence-corrected chi connectivity index (χ4v) is 3.19. The van der Waals surface area contributed by atoms with Gasteiger partial charge in [0.05, 0.1) is 17.8 Å². The van der Waals surface area contributed by atoms with E-state index in [1.807, 2.05) is 0 Å². The second-order valence-corrected chi connectivity index (χ2v) is 7.25. The molecule has 0 aliphatic carbocycles. The fraction of sp³-hybridized carbons (Fsp3) is 0.667. The van der Waals surface area contributed by atoms with Crippen LogP contribution >= 0.6 is 0 Å². The normalized spacial score (nSPS) is 15.8. The van der Waals surface area contributed by atoms with Gasteiger partial charge in [0, 0.05) is 32.5 Å². The molecule has 0 aromatic carbocycles. The van der Waals surface area contributed by atoms with E-state index in [9.17, 15) is 9.59 Å². The van der Waals surface area contributed by atoms with Crippen molar-refractivity contribution < 1.29 is 9.59 Å². The Morgan fingerprint density at radius 2 is 2.04 bits per heavy atom. The lowest BCUT2D eigenvalue weighted by molar-refractivity contribution is -0.129. The highest BCUT2D eigenvalue weighted by Crippen LogP contribution is 2.28. The van der Waals surface area contributed by atoms with E-state index in [2.05, 4.69) is 34.4 Å². The van der Waals surface area contributed by atoms with Gasteiger partial charge in [-0.15, -0.1) is 0 Å². The van der Waals surface area contributed by atoms with Crippen molar-refractivity contribution in [3.05, 3.63) is 11.3 Å². The molecule has 8 nitrogen and oxygen atoms in total. The van der Waals surface area contributed by atoms with Gasteiger partial charge in [-0.3, -0.25) is 9.59 Å². The van der Waals surface area contributed by atoms with Crippen molar-refractivity contribution in [3.8, 4) is 0 Å². The molecule has 0 spiro atoms. The van der Waals surface area contributed by atoms with E-state index < -0.39 is 0 Å². The molecule has 0 saturated heterocycles. The van der Waals surface area contributed by atoms with Crippen molar-refractivity contribution in [3.63, 3.8) is 0 Å². The summed E-state index contributed by atoms with van der Waals surface area (Å²) in [7, 11) is 0. The minimum absolute atomic E-state index is 0.0285. The predicted octanol–water partition coefficient (Wildman–Crippen LogP) is 1.46. The third kappa shape index (κ3) is 5.06. The Kier molecular flexibility index (Phi) is 6.39. The molecule has 0 bridgehead atoms. The van der Waals surface area contributed by atoms with Gasteiger partial charge in [-0.05, 0) is 19.8 Å². The number of carbonyl (C=O) groups excluding carboxylic acids is 2. The quantitative estimate of drug-likeness (QED) is 0.677. The third-order valence-electron chi connectivity index (χ3n) is 4.76. The number of unbranched alkanes of at least 4 members (excludes halogenated alkanes) is 1. The van der Waals surface area contributed by atoms with E-state index in [4.69, 9.17) is 5.73 Å². The molecule has 8 heteroatoms. The lowest BCUT2D eigenvalue weighted by Gasteiger charge is -2.34. The van der Waals surface area contributed by atoms with Crippen LogP contribution in [-0.4, -0.2) is 45.3 Å². The van der Waals surface area contributed by atoms with Gasteiger partial charge in [0.25, 0.3) is 0 Å². The van der Waals surface area contributed by atoms with Crippen molar-refractivity contribution in [1.82, 2.24) is 20.2 Å². The number of amides is 2. The Labute approximate surface area is 154 Å². The second-order valence-electron chi connectivity index (χ2n) is 7.25. The molecular weight excluding hydrogens is 332 g/mol. The summed E-state index contributed by atoms with van der Waals surface area (Å²) in [6.45, 7) is 8.88. The Hall–Kier alpha value is -2.38. The molecular formula is C18H30N6O2. The van der Waals surface area contributed by atoms with Crippen molar-refractivity contribution in [2.24, 2.45) is 0 Å². The largest absolute Gasteiger partial charge is 0.368 e. The van der Waals surface area contributed by atoms with E-state index >= 15 is 0 Å². The van der Waals surface area contributed by atoms with Gasteiger partial charge in [0.1, 0.15) is 5.82 Å². The van der Waals surface area contributed by atoms with Gasteiger partial charge in [-0.25, -0.2) is 4.98 Å². The highest BCUT2D eigenvalue weighted by atomic mass is 16.2. The molecule has 1 aromatic rings. The first-order valence-corrected chi connectivity index (χ1v) is 9.17. The van der Waals surface area contributed by atoms with Crippen LogP contribution in [0.3, 0.4) is 0 Å². The first kappa shape index (κ1) is 19.9. The zero-order chi connectivity index (χ0) is 19.3. The fourth-order valence-electron chi connectivity index (χ4n) is 3.19. The molecule has 0 radical (unpaired) electrons. The molecule has 0 unspecified atom stereocenters. The lowest BCUT2D eigenvalue weighted by atomic mass is 9.93. The number of nitrogens with zero attached hydrogens (tertiary/aromatic N) is 3. The van der Waals surface area contributed by atoms with Gasteiger partial charge in [0.2, 0.25) is 17.8 Å². The number of hydrogen-bond donors (Lipinski definition) is 3. The van der Waals surface area contributed by atoms with E-state index in [0.717, 1.165) is 30.5 Å². The second kappa shape index (κ2) is 8.33. The number of anilines is 2. The average Bonchev–Trinajstić information content (AvgIpc) is 2.57. The molecule has 144 valence electrons. The molecule has 4 N–H and O–H groups in total. The zero-order valence-corrected chi connectivity index (χ0v) is 16.2. The Balaban J connectivity index is 2.28. The molecule has 1 aliphatic rings. The van der Waals surface area contributed by atoms with Crippen molar-refractivity contribution in [2.75, 3.05) is 24.1 Å². The summed E-state index contributed by atoms with van der Waals surface area (Å²) < 4.78 is 0. The Morgan fingerprint density at radius 3 is 2.65 bits per heavy atom. The summed E-state index contributed by atoms with van der Waals surface area (Å²) in [6.07, 6.45) is 3.67. The average molecular weight is 362 g/mol. The summed E-state index contributed by atoms with van der Waals surface area (Å²) in [4.78, 5) is 33.6. The molecule has 1 atom stereocenters. The summed E-state index contributed by atoms with van der Waals surface area (Å²) in [6, 6.07) is 0. The van der Waals surface area contributed by atoms with Crippen LogP contribution < -0.4 is 16.4 Å². The minimum atomic E-state index is -0.339. The van der Waals surface area contributed by atoms with Gasteiger partial charge in [0.15, 0.2) is 0 Å². The Bertz CT molecular complexity index is 678. The molecule has 1 aromatic heterocycles. The highest BCUT2D eigenvalue weighted by Gasteiger charge is 2.29. The number of aromatic nitrogens is 2. The number of carbonyl (C=O) groups is 2. The molecule has 0 fully saturated rings. The summed E-state index contributed by atoms with van der Waals surface area (Å²) >= 11 is 0. The summed E-state index contributed by atoms with van der Waals surface area (Å²) in [5.74, 6) is 0.866. The minimum Gasteiger partial charge on any atom is -0.368 e. The summed E-state index contributed by atoms with van der Waals surface area (Å²) in [5.41, 5.74) is 7.36. The first-order valence-electron chi connectivity index (χ1n) is 9.17. The SMILES string of the molecule is CCCC[C@](C)(CNC(C)=O)Nc1nc(N)nc2c1CCN(C(C)=O)C2. The van der Waals surface area contributed by atoms with Crippen LogP contribution in [-0.2, 0) is 22.6 Å². The van der Waals surface area contributed by atoms with Gasteiger partial charge >= 0.3 is 0 Å². The molecule has 1 aliphatic heterocycles. The molecule has 26 heavy (non-hydrogen) atoms. The highest BCUT2D eigenvalue weighted by molar-refractivity contribution is 5.74. The number of nitrogen functional groups attached to an aromatic ring is 1. The molecule has 2 rings (SSSR count). The van der Waals surface area contributed by atoms with Gasteiger partial charge < -0.3 is 21.3 Å². The monoisotopic (exact) mass is 362 g/mol. The standard InChI is InChI=1S/C18H30N6O2/c1-5-6-8-18(4,11-20-12(2)25)23-16-14-7-9-24(13(3)26)10-15(14)21-17(19)22-16/h5-11H2,1-4H3,(H,20,25)(H3,19,21,22,23)/t18-/m1/s1. The van der Waals surface area contributed by atoms with Crippen LogP contribution in [0, 0.1) is 0 Å². The van der Waals surface area contributed by atoms with Crippen LogP contribution in [0.5, 0.6) is 0 Å². The van der Waals surface area contributed by atoms with Crippen LogP contribution in [0.1, 0.15) is 58.2 Å². The number of hydrogen-bond acceptors (Lipinski definition) is 6. The maximum absolute atomic E-state index is 11.7. The van der Waals surface area contributed by atoms with Crippen molar-refractivity contribution in [1.29, 1.82) is 0 Å². The van der Waals surface area contributed by atoms with Crippen LogP contribution in [0.2, 0.25) is 0 Å². The van der Waals surface area contributed by atoms with E-state index in [0.29, 0.717) is 31.9 Å². The summed E-state index contributed by atoms with van der Waals surface area (Å²) in [5, 5.41) is 6.41. The first-order chi connectivity index (χ1) is 12.2. The molecule has 0 saturated carbocycles. The number of fused-ring (bicyclic) bond motifs is 1. The Morgan fingerprint density at radius 1 is 1.31 bits per heavy atom. The number of rotatable bonds is 7. The maximum atomic E-state index is 11.7. The number of nitrogens with one attached hydrogen (secondary N) is 2. The van der Waals surface area contributed by atoms with E-state index in [-0.39, 0.29) is 23.3 Å². The van der Waals surface area contributed by atoms with Crippen LogP contribution in [0.4, 0.5) is 11.8 Å². The van der Waals surface area contributed by atoms with Crippen LogP contribution in [0.15, 0.2) is 0 Å². The predicted molar refractivity (Wildman–Crippen MR) is 101 cm³/mol. The van der Waals surface area contributed by atoms with Gasteiger partial charge in [-0.1, -0.05) is 19.8 Å².